The molecule has 0 aromatic heterocycles. The van der Waals surface area contributed by atoms with Gasteiger partial charge in [-0.2, -0.15) is 0 Å². The molecule has 0 amide bonds. The molecule has 3 heteroatoms. The van der Waals surface area contributed by atoms with Crippen molar-refractivity contribution >= 4 is 11.7 Å². The molecule has 0 heterocycles. The van der Waals surface area contributed by atoms with Crippen molar-refractivity contribution in [2.75, 3.05) is 5.48 Å². The van der Waals surface area contributed by atoms with Crippen LogP contribution in [0.4, 0.5) is 5.69 Å². The first kappa shape index (κ1) is 17.1. The molecule has 0 aliphatic heterocycles. The molecular formula is C20H23NO2. The summed E-state index contributed by atoms with van der Waals surface area (Å²) in [5.41, 5.74) is 5.89. The second kappa shape index (κ2) is 7.32. The Morgan fingerprint density at radius 2 is 1.78 bits per heavy atom. The zero-order chi connectivity index (χ0) is 16.9. The van der Waals surface area contributed by atoms with Crippen LogP contribution in [0.15, 0.2) is 48.5 Å². The van der Waals surface area contributed by atoms with Crippen LogP contribution in [-0.4, -0.2) is 5.97 Å². The van der Waals surface area contributed by atoms with Crippen LogP contribution in [0.2, 0.25) is 0 Å². The molecule has 0 aliphatic carbocycles. The van der Waals surface area contributed by atoms with Crippen LogP contribution in [0.1, 0.15) is 39.2 Å². The van der Waals surface area contributed by atoms with E-state index >= 15 is 0 Å². The molecule has 2 rings (SSSR count). The molecule has 1 N–H and O–H groups in total. The van der Waals surface area contributed by atoms with Gasteiger partial charge in [-0.25, -0.2) is 10.3 Å². The van der Waals surface area contributed by atoms with Crippen molar-refractivity contribution in [1.29, 1.82) is 0 Å². The Morgan fingerprint density at radius 3 is 2.43 bits per heavy atom. The Hall–Kier alpha value is -2.29. The third-order valence-electron chi connectivity index (χ3n) is 3.53. The summed E-state index contributed by atoms with van der Waals surface area (Å²) in [6.45, 7) is 12.3. The van der Waals surface area contributed by atoms with Crippen molar-refractivity contribution < 1.29 is 9.63 Å². The van der Waals surface area contributed by atoms with Gasteiger partial charge in [0.05, 0.1) is 5.69 Å². The molecule has 0 saturated heterocycles. The predicted octanol–water partition coefficient (Wildman–Crippen LogP) is 5.11. The quantitative estimate of drug-likeness (QED) is 0.780. The second-order valence-electron chi connectivity index (χ2n) is 6.77. The van der Waals surface area contributed by atoms with E-state index in [-0.39, 0.29) is 11.4 Å². The van der Waals surface area contributed by atoms with Crippen LogP contribution < -0.4 is 5.48 Å². The molecule has 0 atom stereocenters. The summed E-state index contributed by atoms with van der Waals surface area (Å²) >= 11 is 0. The molecule has 120 valence electrons. The minimum absolute atomic E-state index is 0.0972. The molecule has 0 bridgehead atoms. The van der Waals surface area contributed by atoms with E-state index in [0.29, 0.717) is 17.7 Å². The third kappa shape index (κ3) is 5.13. The lowest BCUT2D eigenvalue weighted by molar-refractivity contribution is -0.141. The van der Waals surface area contributed by atoms with E-state index in [9.17, 15) is 4.79 Å². The van der Waals surface area contributed by atoms with Gasteiger partial charge in [-0.1, -0.05) is 69.3 Å². The Bertz CT molecular complexity index is 657. The second-order valence-corrected chi connectivity index (χ2v) is 6.77. The number of carbonyl (C=O) groups excluding carboxylic acids is 1. The molecule has 2 aromatic rings. The van der Waals surface area contributed by atoms with Gasteiger partial charge < -0.3 is 4.84 Å². The van der Waals surface area contributed by atoms with Crippen LogP contribution in [-0.2, 0) is 9.63 Å². The minimum Gasteiger partial charge on any atom is -0.343 e. The monoisotopic (exact) mass is 309 g/mol. The fourth-order valence-electron chi connectivity index (χ4n) is 2.18. The van der Waals surface area contributed by atoms with Gasteiger partial charge in [0.15, 0.2) is 0 Å². The van der Waals surface area contributed by atoms with E-state index in [1.807, 2.05) is 42.5 Å². The molecule has 23 heavy (non-hydrogen) atoms. The summed E-state index contributed by atoms with van der Waals surface area (Å²) in [6.07, 6.45) is 1.13. The summed E-state index contributed by atoms with van der Waals surface area (Å²) in [6, 6.07) is 15.4. The molecule has 0 fully saturated rings. The van der Waals surface area contributed by atoms with Crippen LogP contribution in [0.25, 0.3) is 11.1 Å². The van der Waals surface area contributed by atoms with E-state index in [2.05, 4.69) is 26.3 Å². The number of hydrogen-bond acceptors (Lipinski definition) is 3. The van der Waals surface area contributed by atoms with Crippen molar-refractivity contribution in [1.82, 2.24) is 0 Å². The average molecular weight is 309 g/mol. The molecule has 0 saturated carbocycles. The van der Waals surface area contributed by atoms with E-state index in [1.54, 1.807) is 6.07 Å². The largest absolute Gasteiger partial charge is 0.343 e. The maximum Gasteiger partial charge on any atom is 0.332 e. The highest BCUT2D eigenvalue weighted by Gasteiger charge is 2.15. The fraction of sp³-hybridized carbons (Fsp3) is 0.300. The SMILES string of the molecule is [CH]c1cccc(-c2ccccc2)c1NOC(=O)CCC(C)(C)C. The zero-order valence-corrected chi connectivity index (χ0v) is 13.9. The van der Waals surface area contributed by atoms with E-state index in [1.165, 1.54) is 0 Å². The van der Waals surface area contributed by atoms with Gasteiger partial charge in [-0.15, -0.1) is 0 Å². The van der Waals surface area contributed by atoms with Gasteiger partial charge in [0.1, 0.15) is 0 Å². The lowest BCUT2D eigenvalue weighted by Gasteiger charge is -2.18. The smallest absolute Gasteiger partial charge is 0.332 e. The first-order valence-electron chi connectivity index (χ1n) is 7.76. The lowest BCUT2D eigenvalue weighted by Crippen LogP contribution is -2.15. The number of rotatable bonds is 5. The highest BCUT2D eigenvalue weighted by Crippen LogP contribution is 2.30. The standard InChI is InChI=1S/C20H23NO2/c1-15-9-8-12-17(16-10-6-5-7-11-16)19(15)21-23-18(22)13-14-20(2,3)4/h1,5-12,21H,13-14H2,2-4H3. The Morgan fingerprint density at radius 1 is 1.09 bits per heavy atom. The topological polar surface area (TPSA) is 38.3 Å². The molecule has 3 nitrogen and oxygen atoms in total. The van der Waals surface area contributed by atoms with Gasteiger partial charge in [-0.05, 0) is 23.0 Å². The number of anilines is 1. The van der Waals surface area contributed by atoms with Crippen LogP contribution >= 0.6 is 0 Å². The van der Waals surface area contributed by atoms with Crippen molar-refractivity contribution in [3.8, 4) is 11.1 Å². The molecule has 0 spiro atoms. The molecular weight excluding hydrogens is 286 g/mol. The molecule has 0 aliphatic rings. The number of carbonyl (C=O) groups is 1. The maximum atomic E-state index is 11.9. The Labute approximate surface area is 138 Å². The zero-order valence-electron chi connectivity index (χ0n) is 13.9. The molecule has 0 unspecified atom stereocenters. The number of nitrogens with one attached hydrogen (secondary N) is 1. The average Bonchev–Trinajstić information content (AvgIpc) is 2.51. The summed E-state index contributed by atoms with van der Waals surface area (Å²) < 4.78 is 0. The summed E-state index contributed by atoms with van der Waals surface area (Å²) in [5.74, 6) is -0.290. The third-order valence-corrected chi connectivity index (χ3v) is 3.53. The van der Waals surface area contributed by atoms with Gasteiger partial charge in [0, 0.05) is 18.9 Å². The Kier molecular flexibility index (Phi) is 5.43. The van der Waals surface area contributed by atoms with Crippen LogP contribution in [0, 0.1) is 12.3 Å². The minimum atomic E-state index is -0.290. The van der Waals surface area contributed by atoms with Gasteiger partial charge in [0.25, 0.3) is 0 Å². The lowest BCUT2D eigenvalue weighted by atomic mass is 9.91. The van der Waals surface area contributed by atoms with Gasteiger partial charge in [-0.3, -0.25) is 0 Å². The summed E-state index contributed by atoms with van der Waals surface area (Å²) in [7, 11) is 0. The number of hydrogen-bond donors (Lipinski definition) is 1. The normalized spacial score (nSPS) is 11.1. The first-order valence-corrected chi connectivity index (χ1v) is 7.76. The van der Waals surface area contributed by atoms with Gasteiger partial charge in [0.2, 0.25) is 0 Å². The number of benzene rings is 2. The van der Waals surface area contributed by atoms with Crippen molar-refractivity contribution in [2.45, 2.75) is 33.6 Å². The fourth-order valence-corrected chi connectivity index (χ4v) is 2.18. The molecule has 2 radical (unpaired) electrons. The van der Waals surface area contributed by atoms with Crippen LogP contribution in [0.5, 0.6) is 0 Å². The maximum absolute atomic E-state index is 11.9. The first-order chi connectivity index (χ1) is 10.9. The van der Waals surface area contributed by atoms with Crippen LogP contribution in [0.3, 0.4) is 0 Å². The summed E-state index contributed by atoms with van der Waals surface area (Å²) in [5, 5.41) is 0. The predicted molar refractivity (Wildman–Crippen MR) is 93.7 cm³/mol. The van der Waals surface area contributed by atoms with E-state index in [0.717, 1.165) is 17.5 Å². The molecule has 2 aromatic carbocycles. The van der Waals surface area contributed by atoms with E-state index < -0.39 is 0 Å². The summed E-state index contributed by atoms with van der Waals surface area (Å²) in [4.78, 5) is 17.1. The van der Waals surface area contributed by atoms with Crippen molar-refractivity contribution in [2.24, 2.45) is 5.41 Å². The number of para-hydroxylation sites is 1. The van der Waals surface area contributed by atoms with E-state index in [4.69, 9.17) is 11.8 Å². The van der Waals surface area contributed by atoms with Gasteiger partial charge >= 0.3 is 5.97 Å². The Balaban J connectivity index is 2.10. The highest BCUT2D eigenvalue weighted by molar-refractivity contribution is 5.81. The van der Waals surface area contributed by atoms with Crippen molar-refractivity contribution in [3.05, 3.63) is 61.0 Å². The highest BCUT2D eigenvalue weighted by atomic mass is 16.7. The van der Waals surface area contributed by atoms with Crippen molar-refractivity contribution in [3.63, 3.8) is 0 Å².